The Labute approximate surface area is 177 Å². The summed E-state index contributed by atoms with van der Waals surface area (Å²) in [6.45, 7) is -0.554. The molecule has 29 heavy (non-hydrogen) atoms. The molecule has 150 valence electrons. The van der Waals surface area contributed by atoms with Gasteiger partial charge in [-0.3, -0.25) is 24.1 Å². The van der Waals surface area contributed by atoms with Crippen molar-refractivity contribution in [1.82, 2.24) is 9.88 Å². The molecule has 6 rings (SSSR count). The van der Waals surface area contributed by atoms with E-state index in [1.165, 1.54) is 16.2 Å². The summed E-state index contributed by atoms with van der Waals surface area (Å²) in [5, 5.41) is 12.2. The van der Waals surface area contributed by atoms with Crippen molar-refractivity contribution < 1.29 is 19.5 Å². The molecule has 2 aromatic heterocycles. The number of hydrogen-bond acceptors (Lipinski definition) is 7. The normalized spacial score (nSPS) is 37.0. The van der Waals surface area contributed by atoms with E-state index in [0.717, 1.165) is 21.2 Å². The first-order valence-corrected chi connectivity index (χ1v) is 12.0. The van der Waals surface area contributed by atoms with Gasteiger partial charge in [0.25, 0.3) is 0 Å². The Hall–Kier alpha value is -1.91. The molecule has 3 fully saturated rings. The number of hydrogen-bond donors (Lipinski definition) is 2. The molecule has 7 atom stereocenters. The quantitative estimate of drug-likeness (QED) is 0.696. The number of H-pyrrole nitrogens is 1. The van der Waals surface area contributed by atoms with Gasteiger partial charge in [-0.05, 0) is 35.6 Å². The van der Waals surface area contributed by atoms with Gasteiger partial charge in [0.2, 0.25) is 11.8 Å². The van der Waals surface area contributed by atoms with Gasteiger partial charge in [-0.25, -0.2) is 0 Å². The molecule has 7 nitrogen and oxygen atoms in total. The van der Waals surface area contributed by atoms with Crippen LogP contribution in [0.4, 0.5) is 0 Å². The molecule has 0 spiro atoms. The average Bonchev–Trinajstić information content (AvgIpc) is 3.45. The fourth-order valence-electron chi connectivity index (χ4n) is 6.16. The summed E-state index contributed by atoms with van der Waals surface area (Å²) in [5.74, 6) is -2.36. The maximum Gasteiger partial charge on any atom is 0.323 e. The molecule has 4 aliphatic rings. The van der Waals surface area contributed by atoms with Crippen LogP contribution >= 0.6 is 34.4 Å². The summed E-state index contributed by atoms with van der Waals surface area (Å²) in [6.07, 6.45) is 0.817. The minimum Gasteiger partial charge on any atom is -0.480 e. The van der Waals surface area contributed by atoms with Gasteiger partial charge in [-0.1, -0.05) is 17.4 Å². The number of imide groups is 1. The SMILES string of the molecule is O=C(O)CN1C(=O)[C@@H]2[C@H]3C[C@@H]([C@H]4Sc5[nH]c(=O)sc5[C@@H](c5cccs5)[C@@H]34)[C@H]2C1=O. The summed E-state index contributed by atoms with van der Waals surface area (Å²) in [4.78, 5) is 55.3. The third kappa shape index (κ3) is 2.30. The van der Waals surface area contributed by atoms with Crippen molar-refractivity contribution in [3.63, 3.8) is 0 Å². The second-order valence-corrected chi connectivity index (χ2v) is 11.3. The fourth-order valence-corrected chi connectivity index (χ4v) is 10.0. The molecule has 2 bridgehead atoms. The number of aromatic nitrogens is 1. The zero-order chi connectivity index (χ0) is 20.0. The molecule has 2 aliphatic heterocycles. The number of carbonyl (C=O) groups excluding carboxylic acids is 2. The lowest BCUT2D eigenvalue weighted by molar-refractivity contribution is -0.149. The lowest BCUT2D eigenvalue weighted by Gasteiger charge is -2.42. The van der Waals surface area contributed by atoms with Gasteiger partial charge < -0.3 is 10.1 Å². The van der Waals surface area contributed by atoms with E-state index in [0.29, 0.717) is 0 Å². The average molecular weight is 449 g/mol. The predicted octanol–water partition coefficient (Wildman–Crippen LogP) is 2.06. The highest BCUT2D eigenvalue weighted by Crippen LogP contribution is 2.68. The van der Waals surface area contributed by atoms with Gasteiger partial charge in [0.15, 0.2) is 0 Å². The molecule has 2 N–H and O–H groups in total. The number of carboxylic acid groups (broad SMARTS) is 1. The Kier molecular flexibility index (Phi) is 3.74. The number of thiazole rings is 1. The van der Waals surface area contributed by atoms with Crippen molar-refractivity contribution in [1.29, 1.82) is 0 Å². The Bertz CT molecular complexity index is 1110. The molecular formula is C19H16N2O5S3. The molecular weight excluding hydrogens is 432 g/mol. The van der Waals surface area contributed by atoms with Gasteiger partial charge in [0.05, 0.1) is 16.9 Å². The number of fused-ring (bicyclic) bond motifs is 9. The molecule has 2 saturated carbocycles. The van der Waals surface area contributed by atoms with Crippen LogP contribution in [0.15, 0.2) is 27.3 Å². The summed E-state index contributed by atoms with van der Waals surface area (Å²) < 4.78 is 0. The number of nitrogens with zero attached hydrogens (tertiary/aromatic N) is 1. The predicted molar refractivity (Wildman–Crippen MR) is 107 cm³/mol. The van der Waals surface area contributed by atoms with Gasteiger partial charge in [-0.2, -0.15) is 0 Å². The molecule has 0 aromatic carbocycles. The third-order valence-corrected chi connectivity index (χ3v) is 10.5. The smallest absolute Gasteiger partial charge is 0.323 e. The van der Waals surface area contributed by atoms with Gasteiger partial charge in [0.1, 0.15) is 6.54 Å². The van der Waals surface area contributed by atoms with E-state index in [1.54, 1.807) is 23.1 Å². The Morgan fingerprint density at radius 1 is 1.21 bits per heavy atom. The van der Waals surface area contributed by atoms with Crippen LogP contribution in [0.3, 0.4) is 0 Å². The van der Waals surface area contributed by atoms with Gasteiger partial charge >= 0.3 is 10.8 Å². The van der Waals surface area contributed by atoms with Crippen LogP contribution in [-0.4, -0.2) is 44.6 Å². The topological polar surface area (TPSA) is 108 Å². The molecule has 0 unspecified atom stereocenters. The largest absolute Gasteiger partial charge is 0.480 e. The van der Waals surface area contributed by atoms with E-state index in [-0.39, 0.29) is 45.6 Å². The maximum atomic E-state index is 13.0. The first kappa shape index (κ1) is 17.9. The highest BCUT2D eigenvalue weighted by atomic mass is 32.2. The van der Waals surface area contributed by atoms with Crippen LogP contribution in [-0.2, 0) is 14.4 Å². The highest BCUT2D eigenvalue weighted by Gasteiger charge is 2.69. The van der Waals surface area contributed by atoms with Crippen molar-refractivity contribution in [2.75, 3.05) is 6.54 Å². The second kappa shape index (κ2) is 6.05. The Balaban J connectivity index is 1.45. The first-order chi connectivity index (χ1) is 14.0. The number of nitrogens with one attached hydrogen (secondary N) is 1. The van der Waals surface area contributed by atoms with E-state index in [1.807, 2.05) is 11.4 Å². The Morgan fingerprint density at radius 2 is 1.97 bits per heavy atom. The minimum atomic E-state index is -1.16. The number of carbonyl (C=O) groups is 3. The lowest BCUT2D eigenvalue weighted by Crippen LogP contribution is -2.42. The minimum absolute atomic E-state index is 0.0364. The van der Waals surface area contributed by atoms with Crippen LogP contribution in [0, 0.1) is 29.6 Å². The molecule has 0 radical (unpaired) electrons. The van der Waals surface area contributed by atoms with Crippen molar-refractivity contribution in [3.05, 3.63) is 36.9 Å². The standard InChI is InChI=1S/C19H16N2O5S3/c22-9(23)5-21-17(24)11-6-4-7(12(11)18(21)25)14-10(6)13(8-2-1-3-27-8)15-16(28-14)20-19(26)29-15/h1-3,6-7,10-14H,4-5H2,(H,20,26)(H,22,23)/t6-,7+,10+,11+,12+,13-,14+/m0/s1. The van der Waals surface area contributed by atoms with Crippen LogP contribution < -0.4 is 4.87 Å². The summed E-state index contributed by atoms with van der Waals surface area (Å²) in [7, 11) is 0. The monoisotopic (exact) mass is 448 g/mol. The highest BCUT2D eigenvalue weighted by molar-refractivity contribution is 8.00. The number of thioether (sulfide) groups is 1. The first-order valence-electron chi connectivity index (χ1n) is 9.45. The number of likely N-dealkylation sites (tertiary alicyclic amines) is 1. The van der Waals surface area contributed by atoms with Crippen molar-refractivity contribution in [3.8, 4) is 0 Å². The van der Waals surface area contributed by atoms with Gasteiger partial charge in [0, 0.05) is 20.9 Å². The van der Waals surface area contributed by atoms with Crippen LogP contribution in [0.5, 0.6) is 0 Å². The number of thiophene rings is 1. The number of aliphatic carboxylic acids is 1. The lowest BCUT2D eigenvalue weighted by atomic mass is 9.69. The molecule has 10 heteroatoms. The van der Waals surface area contributed by atoms with Crippen LogP contribution in [0.2, 0.25) is 0 Å². The number of aromatic amines is 1. The van der Waals surface area contributed by atoms with Crippen molar-refractivity contribution in [2.24, 2.45) is 29.6 Å². The van der Waals surface area contributed by atoms with E-state index in [4.69, 9.17) is 5.11 Å². The maximum absolute atomic E-state index is 13.0. The zero-order valence-electron chi connectivity index (χ0n) is 14.9. The summed E-state index contributed by atoms with van der Waals surface area (Å²) >= 11 is 4.54. The summed E-state index contributed by atoms with van der Waals surface area (Å²) in [6, 6.07) is 4.08. The Morgan fingerprint density at radius 3 is 2.66 bits per heavy atom. The molecule has 2 amide bonds. The number of amides is 2. The van der Waals surface area contributed by atoms with Crippen LogP contribution in [0.1, 0.15) is 22.1 Å². The van der Waals surface area contributed by atoms with E-state index >= 15 is 0 Å². The van der Waals surface area contributed by atoms with E-state index in [2.05, 4.69) is 11.1 Å². The van der Waals surface area contributed by atoms with Gasteiger partial charge in [-0.15, -0.1) is 23.1 Å². The summed E-state index contributed by atoms with van der Waals surface area (Å²) in [5.41, 5.74) is 0. The van der Waals surface area contributed by atoms with E-state index in [9.17, 15) is 19.2 Å². The van der Waals surface area contributed by atoms with E-state index < -0.39 is 24.3 Å². The number of rotatable bonds is 3. The molecule has 2 aliphatic carbocycles. The van der Waals surface area contributed by atoms with Crippen molar-refractivity contribution >= 4 is 52.2 Å². The molecule has 1 saturated heterocycles. The van der Waals surface area contributed by atoms with Crippen molar-refractivity contribution in [2.45, 2.75) is 22.6 Å². The van der Waals surface area contributed by atoms with Crippen LogP contribution in [0.25, 0.3) is 0 Å². The molecule has 2 aromatic rings. The second-order valence-electron chi connectivity index (χ2n) is 8.13. The number of carboxylic acids is 1. The fraction of sp³-hybridized carbons (Fsp3) is 0.474. The molecule has 4 heterocycles. The zero-order valence-corrected chi connectivity index (χ0v) is 17.4. The third-order valence-electron chi connectivity index (χ3n) is 6.96.